The Morgan fingerprint density at radius 3 is 2.95 bits per heavy atom. The maximum absolute atomic E-state index is 11.9. The van der Waals surface area contributed by atoms with Gasteiger partial charge in [0, 0.05) is 37.9 Å². The van der Waals surface area contributed by atoms with Gasteiger partial charge in [0.15, 0.2) is 0 Å². The number of carbonyl (C=O) groups is 1. The molecule has 0 saturated carbocycles. The van der Waals surface area contributed by atoms with Crippen LogP contribution >= 0.6 is 0 Å². The minimum Gasteiger partial charge on any atom is -0.396 e. The van der Waals surface area contributed by atoms with Crippen LogP contribution in [0.25, 0.3) is 0 Å². The van der Waals surface area contributed by atoms with Crippen LogP contribution < -0.4 is 5.32 Å². The third-order valence-electron chi connectivity index (χ3n) is 3.76. The molecular weight excluding hydrogens is 244 g/mol. The van der Waals surface area contributed by atoms with E-state index in [9.17, 15) is 4.79 Å². The molecule has 1 fully saturated rings. The predicted octanol–water partition coefficient (Wildman–Crippen LogP) is 0.593. The number of nitrogens with zero attached hydrogens (tertiary/aromatic N) is 2. The van der Waals surface area contributed by atoms with Crippen molar-refractivity contribution in [2.45, 2.75) is 26.7 Å². The molecule has 1 aromatic rings. The van der Waals surface area contributed by atoms with Crippen LogP contribution in [0.2, 0.25) is 0 Å². The Labute approximate surface area is 113 Å². The van der Waals surface area contributed by atoms with Gasteiger partial charge in [-0.3, -0.25) is 5.10 Å². The largest absolute Gasteiger partial charge is 0.396 e. The van der Waals surface area contributed by atoms with Crippen LogP contribution in [0.15, 0.2) is 0 Å². The summed E-state index contributed by atoms with van der Waals surface area (Å²) in [6.07, 6.45) is 1.68. The highest BCUT2D eigenvalue weighted by atomic mass is 16.3. The molecular formula is C13H22N4O2. The van der Waals surface area contributed by atoms with Crippen molar-refractivity contribution in [3.05, 3.63) is 17.0 Å². The maximum atomic E-state index is 11.9. The normalized spacial score (nSPS) is 18.9. The van der Waals surface area contributed by atoms with Gasteiger partial charge < -0.3 is 15.3 Å². The third kappa shape index (κ3) is 3.26. The SMILES string of the molecule is Cc1n[nH]c(C)c1CCNC(=O)N1CCC(CO)C1. The van der Waals surface area contributed by atoms with E-state index in [1.165, 1.54) is 5.56 Å². The van der Waals surface area contributed by atoms with Gasteiger partial charge in [-0.15, -0.1) is 0 Å². The summed E-state index contributed by atoms with van der Waals surface area (Å²) in [6.45, 7) is 6.13. The lowest BCUT2D eigenvalue weighted by Crippen LogP contribution is -2.39. The Hall–Kier alpha value is -1.56. The van der Waals surface area contributed by atoms with E-state index < -0.39 is 0 Å². The van der Waals surface area contributed by atoms with Crippen molar-refractivity contribution in [2.75, 3.05) is 26.2 Å². The number of hydrogen-bond acceptors (Lipinski definition) is 3. The number of rotatable bonds is 4. The Morgan fingerprint density at radius 1 is 1.58 bits per heavy atom. The molecule has 6 nitrogen and oxygen atoms in total. The van der Waals surface area contributed by atoms with Crippen LogP contribution in [-0.2, 0) is 6.42 Å². The Balaban J connectivity index is 1.76. The number of carbonyl (C=O) groups excluding carboxylic acids is 1. The van der Waals surface area contributed by atoms with Gasteiger partial charge in [-0.2, -0.15) is 5.10 Å². The lowest BCUT2D eigenvalue weighted by atomic mass is 10.1. The van der Waals surface area contributed by atoms with Crippen molar-refractivity contribution in [1.82, 2.24) is 20.4 Å². The van der Waals surface area contributed by atoms with E-state index in [0.29, 0.717) is 13.1 Å². The van der Waals surface area contributed by atoms with E-state index >= 15 is 0 Å². The second-order valence-corrected chi connectivity index (χ2v) is 5.18. The highest BCUT2D eigenvalue weighted by molar-refractivity contribution is 5.74. The number of H-pyrrole nitrogens is 1. The third-order valence-corrected chi connectivity index (χ3v) is 3.76. The Bertz CT molecular complexity index is 424. The molecule has 1 saturated heterocycles. The molecule has 1 aromatic heterocycles. The molecule has 3 N–H and O–H groups in total. The van der Waals surface area contributed by atoms with E-state index in [4.69, 9.17) is 5.11 Å². The first-order valence-corrected chi connectivity index (χ1v) is 6.76. The van der Waals surface area contributed by atoms with E-state index in [0.717, 1.165) is 30.8 Å². The van der Waals surface area contributed by atoms with Crippen LogP contribution in [0.4, 0.5) is 4.79 Å². The van der Waals surface area contributed by atoms with E-state index in [1.54, 1.807) is 4.90 Å². The average Bonchev–Trinajstić information content (AvgIpc) is 2.99. The summed E-state index contributed by atoms with van der Waals surface area (Å²) < 4.78 is 0. The molecule has 106 valence electrons. The molecule has 0 radical (unpaired) electrons. The fraction of sp³-hybridized carbons (Fsp3) is 0.692. The molecule has 2 amide bonds. The number of amides is 2. The number of aromatic nitrogens is 2. The number of aliphatic hydroxyl groups is 1. The van der Waals surface area contributed by atoms with Crippen molar-refractivity contribution >= 4 is 6.03 Å². The second-order valence-electron chi connectivity index (χ2n) is 5.18. The van der Waals surface area contributed by atoms with Gasteiger partial charge in [0.1, 0.15) is 0 Å². The highest BCUT2D eigenvalue weighted by Gasteiger charge is 2.25. The summed E-state index contributed by atoms with van der Waals surface area (Å²) in [5, 5.41) is 19.1. The van der Waals surface area contributed by atoms with E-state index in [2.05, 4.69) is 15.5 Å². The molecule has 0 aromatic carbocycles. The van der Waals surface area contributed by atoms with Gasteiger partial charge in [-0.05, 0) is 32.3 Å². The highest BCUT2D eigenvalue weighted by Crippen LogP contribution is 2.15. The first-order chi connectivity index (χ1) is 9.11. The van der Waals surface area contributed by atoms with Crippen molar-refractivity contribution < 1.29 is 9.90 Å². The van der Waals surface area contributed by atoms with Crippen LogP contribution in [0.3, 0.4) is 0 Å². The lowest BCUT2D eigenvalue weighted by molar-refractivity contribution is 0.198. The van der Waals surface area contributed by atoms with Crippen LogP contribution in [0.1, 0.15) is 23.4 Å². The molecule has 1 aliphatic rings. The molecule has 19 heavy (non-hydrogen) atoms. The van der Waals surface area contributed by atoms with Crippen molar-refractivity contribution in [3.63, 3.8) is 0 Å². The van der Waals surface area contributed by atoms with Gasteiger partial charge in [0.2, 0.25) is 0 Å². The number of aliphatic hydroxyl groups excluding tert-OH is 1. The zero-order valence-electron chi connectivity index (χ0n) is 11.6. The fourth-order valence-corrected chi connectivity index (χ4v) is 2.51. The minimum absolute atomic E-state index is 0.0326. The number of hydrogen-bond donors (Lipinski definition) is 3. The molecule has 2 rings (SSSR count). The molecule has 0 bridgehead atoms. The number of likely N-dealkylation sites (tertiary alicyclic amines) is 1. The van der Waals surface area contributed by atoms with Gasteiger partial charge in [0.25, 0.3) is 0 Å². The van der Waals surface area contributed by atoms with Gasteiger partial charge >= 0.3 is 6.03 Å². The number of aromatic amines is 1. The van der Waals surface area contributed by atoms with Crippen molar-refractivity contribution in [2.24, 2.45) is 5.92 Å². The van der Waals surface area contributed by atoms with Gasteiger partial charge in [-0.1, -0.05) is 0 Å². The molecule has 1 unspecified atom stereocenters. The van der Waals surface area contributed by atoms with Crippen LogP contribution in [-0.4, -0.2) is 52.5 Å². The van der Waals surface area contributed by atoms with Gasteiger partial charge in [0.05, 0.1) is 5.69 Å². The summed E-state index contributed by atoms with van der Waals surface area (Å²) in [7, 11) is 0. The quantitative estimate of drug-likeness (QED) is 0.746. The summed E-state index contributed by atoms with van der Waals surface area (Å²) in [6, 6.07) is -0.0326. The number of urea groups is 1. The fourth-order valence-electron chi connectivity index (χ4n) is 2.51. The molecule has 1 aliphatic heterocycles. The Morgan fingerprint density at radius 2 is 2.37 bits per heavy atom. The topological polar surface area (TPSA) is 81.2 Å². The molecule has 2 heterocycles. The van der Waals surface area contributed by atoms with Crippen molar-refractivity contribution in [1.29, 1.82) is 0 Å². The van der Waals surface area contributed by atoms with Crippen LogP contribution in [0, 0.1) is 19.8 Å². The Kier molecular flexibility index (Phi) is 4.42. The lowest BCUT2D eigenvalue weighted by Gasteiger charge is -2.17. The van der Waals surface area contributed by atoms with E-state index in [1.807, 2.05) is 13.8 Å². The van der Waals surface area contributed by atoms with Crippen molar-refractivity contribution in [3.8, 4) is 0 Å². The summed E-state index contributed by atoms with van der Waals surface area (Å²) in [5.74, 6) is 0.240. The van der Waals surface area contributed by atoms with Crippen LogP contribution in [0.5, 0.6) is 0 Å². The first kappa shape index (κ1) is 13.9. The molecule has 0 aliphatic carbocycles. The molecule has 1 atom stereocenters. The monoisotopic (exact) mass is 266 g/mol. The maximum Gasteiger partial charge on any atom is 0.317 e. The second kappa shape index (κ2) is 6.06. The first-order valence-electron chi connectivity index (χ1n) is 6.76. The number of aryl methyl sites for hydroxylation is 2. The van der Waals surface area contributed by atoms with Gasteiger partial charge in [-0.25, -0.2) is 4.79 Å². The summed E-state index contributed by atoms with van der Waals surface area (Å²) in [4.78, 5) is 13.7. The molecule has 0 spiro atoms. The zero-order valence-corrected chi connectivity index (χ0v) is 11.6. The summed E-state index contributed by atoms with van der Waals surface area (Å²) in [5.41, 5.74) is 3.23. The predicted molar refractivity (Wildman–Crippen MR) is 71.9 cm³/mol. The summed E-state index contributed by atoms with van der Waals surface area (Å²) >= 11 is 0. The molecule has 6 heteroatoms. The smallest absolute Gasteiger partial charge is 0.317 e. The van der Waals surface area contributed by atoms with E-state index in [-0.39, 0.29) is 18.6 Å². The number of nitrogens with one attached hydrogen (secondary N) is 2. The standard InChI is InChI=1S/C13H22N4O2/c1-9-12(10(2)16-15-9)3-5-14-13(19)17-6-4-11(7-17)8-18/h11,18H,3-8H2,1-2H3,(H,14,19)(H,15,16). The average molecular weight is 266 g/mol. The minimum atomic E-state index is -0.0326. The zero-order chi connectivity index (χ0) is 13.8.